The first-order valence-corrected chi connectivity index (χ1v) is 6.21. The van der Waals surface area contributed by atoms with Crippen molar-refractivity contribution >= 4 is 22.9 Å². The topological polar surface area (TPSA) is 41.3 Å². The van der Waals surface area contributed by atoms with Crippen LogP contribution < -0.4 is 11.1 Å². The molecule has 0 unspecified atom stereocenters. The Morgan fingerprint density at radius 1 is 1.41 bits per heavy atom. The van der Waals surface area contributed by atoms with E-state index < -0.39 is 0 Å². The zero-order valence-electron chi connectivity index (χ0n) is 10.8. The van der Waals surface area contributed by atoms with E-state index in [1.54, 1.807) is 0 Å². The van der Waals surface area contributed by atoms with E-state index in [1.165, 1.54) is 5.56 Å². The van der Waals surface area contributed by atoms with E-state index in [9.17, 15) is 0 Å². The Morgan fingerprint density at radius 2 is 2.12 bits per heavy atom. The summed E-state index contributed by atoms with van der Waals surface area (Å²) < 4.78 is 0. The number of hydrogen-bond acceptors (Lipinski definition) is 3. The maximum Gasteiger partial charge on any atom is 0.106 e. The number of nitrogens with two attached hydrogens (primary N) is 1. The van der Waals surface area contributed by atoms with Gasteiger partial charge < -0.3 is 16.0 Å². The van der Waals surface area contributed by atoms with Crippen molar-refractivity contribution in [2.75, 3.05) is 32.5 Å². The van der Waals surface area contributed by atoms with Gasteiger partial charge in [0, 0.05) is 17.8 Å². The minimum atomic E-state index is 0.448. The van der Waals surface area contributed by atoms with Gasteiger partial charge in [-0.15, -0.1) is 0 Å². The molecule has 0 aliphatic carbocycles. The smallest absolute Gasteiger partial charge is 0.106 e. The van der Waals surface area contributed by atoms with E-state index in [4.69, 9.17) is 18.0 Å². The van der Waals surface area contributed by atoms with Crippen LogP contribution in [-0.2, 0) is 0 Å². The lowest BCUT2D eigenvalue weighted by atomic mass is 10.1. The fraction of sp³-hybridized carbons (Fsp3) is 0.462. The molecule has 3 N–H and O–H groups in total. The highest BCUT2D eigenvalue weighted by Gasteiger charge is 2.06. The van der Waals surface area contributed by atoms with Gasteiger partial charge in [0.1, 0.15) is 4.99 Å². The fourth-order valence-corrected chi connectivity index (χ4v) is 1.89. The van der Waals surface area contributed by atoms with Crippen LogP contribution in [0.3, 0.4) is 0 Å². The maximum absolute atomic E-state index is 5.72. The molecule has 0 heterocycles. The van der Waals surface area contributed by atoms with Gasteiger partial charge in [-0.2, -0.15) is 0 Å². The SMILES string of the molecule is Cc1cccc(C(N)=S)c1NCCCN(C)C. The molecule has 0 fully saturated rings. The van der Waals surface area contributed by atoms with Gasteiger partial charge in [0.2, 0.25) is 0 Å². The van der Waals surface area contributed by atoms with Crippen molar-refractivity contribution in [2.45, 2.75) is 13.3 Å². The molecule has 0 atom stereocenters. The molecule has 0 aliphatic heterocycles. The molecule has 3 nitrogen and oxygen atoms in total. The molecule has 1 rings (SSSR count). The molecule has 0 spiro atoms. The molecule has 17 heavy (non-hydrogen) atoms. The second kappa shape index (κ2) is 6.57. The van der Waals surface area contributed by atoms with Gasteiger partial charge in [0.15, 0.2) is 0 Å². The third kappa shape index (κ3) is 4.32. The third-order valence-corrected chi connectivity index (χ3v) is 2.84. The summed E-state index contributed by atoms with van der Waals surface area (Å²) in [7, 11) is 4.16. The minimum Gasteiger partial charge on any atom is -0.389 e. The molecule has 1 aromatic carbocycles. The van der Waals surface area contributed by atoms with Crippen molar-refractivity contribution < 1.29 is 0 Å². The highest BCUT2D eigenvalue weighted by atomic mass is 32.1. The van der Waals surface area contributed by atoms with Gasteiger partial charge in [0.25, 0.3) is 0 Å². The average molecular weight is 251 g/mol. The Bertz CT molecular complexity index is 388. The number of hydrogen-bond donors (Lipinski definition) is 2. The molecule has 0 aliphatic rings. The lowest BCUT2D eigenvalue weighted by Crippen LogP contribution is -2.18. The molecule has 94 valence electrons. The van der Waals surface area contributed by atoms with Crippen LogP contribution >= 0.6 is 12.2 Å². The Kier molecular flexibility index (Phi) is 5.38. The Balaban J connectivity index is 2.66. The van der Waals surface area contributed by atoms with Crippen LogP contribution in [0.25, 0.3) is 0 Å². The quantitative estimate of drug-likeness (QED) is 0.599. The molecule has 0 saturated carbocycles. The van der Waals surface area contributed by atoms with E-state index in [2.05, 4.69) is 37.3 Å². The second-order valence-corrected chi connectivity index (χ2v) is 4.89. The van der Waals surface area contributed by atoms with Gasteiger partial charge >= 0.3 is 0 Å². The Labute approximate surface area is 109 Å². The van der Waals surface area contributed by atoms with Gasteiger partial charge in [-0.25, -0.2) is 0 Å². The summed E-state index contributed by atoms with van der Waals surface area (Å²) in [4.78, 5) is 2.62. The van der Waals surface area contributed by atoms with Gasteiger partial charge in [-0.3, -0.25) is 0 Å². The van der Waals surface area contributed by atoms with Crippen molar-refractivity contribution in [2.24, 2.45) is 5.73 Å². The number of anilines is 1. The summed E-state index contributed by atoms with van der Waals surface area (Å²) in [5.74, 6) is 0. The van der Waals surface area contributed by atoms with Crippen molar-refractivity contribution in [3.8, 4) is 0 Å². The molecule has 4 heteroatoms. The fourth-order valence-electron chi connectivity index (χ4n) is 1.72. The van der Waals surface area contributed by atoms with Crippen LogP contribution in [-0.4, -0.2) is 37.1 Å². The summed E-state index contributed by atoms with van der Waals surface area (Å²) in [6.45, 7) is 4.07. The number of nitrogens with zero attached hydrogens (tertiary/aromatic N) is 1. The largest absolute Gasteiger partial charge is 0.389 e. The summed E-state index contributed by atoms with van der Waals surface area (Å²) in [6, 6.07) is 6.01. The van der Waals surface area contributed by atoms with E-state index in [0.717, 1.165) is 30.8 Å². The first kappa shape index (κ1) is 13.9. The summed E-state index contributed by atoms with van der Waals surface area (Å²) in [6.07, 6.45) is 1.10. The standard InChI is InChI=1S/C13H21N3S/c1-10-6-4-7-11(13(14)17)12(10)15-8-5-9-16(2)3/h4,6-7,15H,5,8-9H2,1-3H3,(H2,14,17). The van der Waals surface area contributed by atoms with Crippen molar-refractivity contribution in [3.05, 3.63) is 29.3 Å². The van der Waals surface area contributed by atoms with E-state index in [0.29, 0.717) is 4.99 Å². The summed E-state index contributed by atoms with van der Waals surface area (Å²) in [5, 5.41) is 3.42. The van der Waals surface area contributed by atoms with E-state index >= 15 is 0 Å². The lowest BCUT2D eigenvalue weighted by Gasteiger charge is -2.15. The highest BCUT2D eigenvalue weighted by molar-refractivity contribution is 7.80. The molecular weight excluding hydrogens is 230 g/mol. The van der Waals surface area contributed by atoms with Crippen LogP contribution in [0.1, 0.15) is 17.5 Å². The Hall–Kier alpha value is -1.13. The number of para-hydroxylation sites is 1. The molecular formula is C13H21N3S. The van der Waals surface area contributed by atoms with E-state index in [-0.39, 0.29) is 0 Å². The lowest BCUT2D eigenvalue weighted by molar-refractivity contribution is 0.405. The number of thiocarbonyl (C=S) groups is 1. The number of nitrogens with one attached hydrogen (secondary N) is 1. The predicted octanol–water partition coefficient (Wildman–Crippen LogP) is 1.99. The predicted molar refractivity (Wildman–Crippen MR) is 78.7 cm³/mol. The van der Waals surface area contributed by atoms with Gasteiger partial charge in [-0.1, -0.05) is 24.4 Å². The molecule has 0 bridgehead atoms. The monoisotopic (exact) mass is 251 g/mol. The zero-order chi connectivity index (χ0) is 12.8. The first-order chi connectivity index (χ1) is 8.02. The van der Waals surface area contributed by atoms with Crippen LogP contribution in [0, 0.1) is 6.92 Å². The normalized spacial score (nSPS) is 10.6. The Morgan fingerprint density at radius 3 is 2.71 bits per heavy atom. The van der Waals surface area contributed by atoms with Crippen LogP contribution in [0.4, 0.5) is 5.69 Å². The van der Waals surface area contributed by atoms with Gasteiger partial charge in [-0.05, 0) is 45.6 Å². The van der Waals surface area contributed by atoms with Crippen LogP contribution in [0.15, 0.2) is 18.2 Å². The van der Waals surface area contributed by atoms with Gasteiger partial charge in [0.05, 0.1) is 0 Å². The van der Waals surface area contributed by atoms with Crippen molar-refractivity contribution in [1.82, 2.24) is 4.90 Å². The van der Waals surface area contributed by atoms with E-state index in [1.807, 2.05) is 12.1 Å². The zero-order valence-corrected chi connectivity index (χ0v) is 11.6. The second-order valence-electron chi connectivity index (χ2n) is 4.45. The summed E-state index contributed by atoms with van der Waals surface area (Å²) in [5.41, 5.74) is 8.90. The van der Waals surface area contributed by atoms with Crippen molar-refractivity contribution in [1.29, 1.82) is 0 Å². The van der Waals surface area contributed by atoms with Crippen LogP contribution in [0.5, 0.6) is 0 Å². The number of aryl methyl sites for hydroxylation is 1. The number of benzene rings is 1. The molecule has 0 saturated heterocycles. The maximum atomic E-state index is 5.72. The number of rotatable bonds is 6. The molecule has 0 radical (unpaired) electrons. The molecule has 1 aromatic rings. The van der Waals surface area contributed by atoms with Crippen LogP contribution in [0.2, 0.25) is 0 Å². The molecule has 0 amide bonds. The highest BCUT2D eigenvalue weighted by Crippen LogP contribution is 2.20. The minimum absolute atomic E-state index is 0.448. The average Bonchev–Trinajstić information content (AvgIpc) is 2.25. The first-order valence-electron chi connectivity index (χ1n) is 5.80. The van der Waals surface area contributed by atoms with Crippen molar-refractivity contribution in [3.63, 3.8) is 0 Å². The molecule has 0 aromatic heterocycles. The summed E-state index contributed by atoms with van der Waals surface area (Å²) >= 11 is 5.06. The third-order valence-electron chi connectivity index (χ3n) is 2.62.